The number of methoxy groups -OCH3 is 2. The number of carbonyl (C=O) groups excluding carboxylic acids is 1. The Bertz CT molecular complexity index is 1110. The number of carbonyl (C=O) groups is 1. The van der Waals surface area contributed by atoms with E-state index in [1.807, 2.05) is 37.3 Å². The van der Waals surface area contributed by atoms with E-state index in [2.05, 4.69) is 28.9 Å². The molecule has 0 aliphatic rings. The van der Waals surface area contributed by atoms with Crippen molar-refractivity contribution in [2.24, 2.45) is 0 Å². The van der Waals surface area contributed by atoms with Gasteiger partial charge in [0.15, 0.2) is 11.5 Å². The number of ether oxygens (including phenoxy) is 2. The van der Waals surface area contributed by atoms with Crippen LogP contribution in [0.5, 0.6) is 11.5 Å². The summed E-state index contributed by atoms with van der Waals surface area (Å²) >= 11 is 0. The maximum atomic E-state index is 12.9. The monoisotopic (exact) mass is 507 g/mol. The third-order valence-corrected chi connectivity index (χ3v) is 7.00. The average Bonchev–Trinajstić information content (AvgIpc) is 3.28. The van der Waals surface area contributed by atoms with Crippen molar-refractivity contribution in [2.75, 3.05) is 14.2 Å². The second-order valence-electron chi connectivity index (χ2n) is 9.95. The fraction of sp³-hybridized carbons (Fsp3) is 0.548. The Labute approximate surface area is 222 Å². The number of benzene rings is 2. The molecule has 6 nitrogen and oxygen atoms in total. The number of para-hydroxylation sites is 2. The second kappa shape index (κ2) is 15.3. The first-order valence-electron chi connectivity index (χ1n) is 14.0. The molecular weight excluding hydrogens is 462 g/mol. The van der Waals surface area contributed by atoms with E-state index in [0.29, 0.717) is 11.5 Å². The Morgan fingerprint density at radius 3 is 2.22 bits per heavy atom. The summed E-state index contributed by atoms with van der Waals surface area (Å²) in [7, 11) is 3.20. The van der Waals surface area contributed by atoms with Crippen molar-refractivity contribution >= 4 is 16.9 Å². The van der Waals surface area contributed by atoms with E-state index in [1.165, 1.54) is 57.8 Å². The number of amides is 1. The highest BCUT2D eigenvalue weighted by molar-refractivity contribution is 5.80. The molecule has 0 saturated carbocycles. The zero-order valence-corrected chi connectivity index (χ0v) is 23.2. The predicted molar refractivity (Wildman–Crippen MR) is 151 cm³/mol. The molecule has 0 aliphatic heterocycles. The molecule has 202 valence electrons. The summed E-state index contributed by atoms with van der Waals surface area (Å²) in [6.07, 6.45) is 13.4. The predicted octanol–water partition coefficient (Wildman–Crippen LogP) is 7.39. The lowest BCUT2D eigenvalue weighted by Crippen LogP contribution is -2.30. The van der Waals surface area contributed by atoms with Crippen molar-refractivity contribution in [3.63, 3.8) is 0 Å². The minimum atomic E-state index is -0.192. The van der Waals surface area contributed by atoms with Gasteiger partial charge in [-0.15, -0.1) is 0 Å². The summed E-state index contributed by atoms with van der Waals surface area (Å²) in [5.74, 6) is 2.15. The van der Waals surface area contributed by atoms with Crippen LogP contribution in [0.25, 0.3) is 11.0 Å². The van der Waals surface area contributed by atoms with Gasteiger partial charge in [-0.25, -0.2) is 4.98 Å². The average molecular weight is 508 g/mol. The number of unbranched alkanes of at least 4 members (excludes halogenated alkanes) is 9. The highest BCUT2D eigenvalue weighted by Gasteiger charge is 2.19. The van der Waals surface area contributed by atoms with Crippen LogP contribution in [0, 0.1) is 0 Å². The summed E-state index contributed by atoms with van der Waals surface area (Å²) in [6, 6.07) is 13.6. The minimum Gasteiger partial charge on any atom is -0.493 e. The fourth-order valence-electron chi connectivity index (χ4n) is 4.95. The zero-order chi connectivity index (χ0) is 26.5. The molecule has 0 bridgehead atoms. The lowest BCUT2D eigenvalue weighted by atomic mass is 10.1. The Balaban J connectivity index is 1.55. The maximum Gasteiger partial charge on any atom is 0.224 e. The van der Waals surface area contributed by atoms with E-state index in [4.69, 9.17) is 14.5 Å². The van der Waals surface area contributed by atoms with Gasteiger partial charge in [0.2, 0.25) is 5.91 Å². The molecule has 0 saturated heterocycles. The third kappa shape index (κ3) is 8.51. The van der Waals surface area contributed by atoms with Gasteiger partial charge in [-0.05, 0) is 43.2 Å². The topological polar surface area (TPSA) is 65.4 Å². The first-order chi connectivity index (χ1) is 18.1. The Hall–Kier alpha value is -3.02. The largest absolute Gasteiger partial charge is 0.493 e. The fourth-order valence-corrected chi connectivity index (χ4v) is 4.95. The molecule has 1 heterocycles. The molecule has 1 unspecified atom stereocenters. The van der Waals surface area contributed by atoms with Gasteiger partial charge >= 0.3 is 0 Å². The molecule has 1 atom stereocenters. The Morgan fingerprint density at radius 1 is 0.892 bits per heavy atom. The second-order valence-corrected chi connectivity index (χ2v) is 9.95. The van der Waals surface area contributed by atoms with Crippen LogP contribution in [-0.2, 0) is 17.8 Å². The highest BCUT2D eigenvalue weighted by atomic mass is 16.5. The van der Waals surface area contributed by atoms with Crippen molar-refractivity contribution in [2.45, 2.75) is 97.1 Å². The number of aryl methyl sites for hydroxylation is 1. The van der Waals surface area contributed by atoms with E-state index in [1.54, 1.807) is 14.2 Å². The zero-order valence-electron chi connectivity index (χ0n) is 23.2. The Morgan fingerprint density at radius 2 is 1.54 bits per heavy atom. The molecule has 3 aromatic rings. The van der Waals surface area contributed by atoms with Gasteiger partial charge in [-0.3, -0.25) is 4.79 Å². The van der Waals surface area contributed by atoms with E-state index in [-0.39, 0.29) is 18.4 Å². The number of rotatable bonds is 17. The van der Waals surface area contributed by atoms with Crippen LogP contribution in [0.15, 0.2) is 42.5 Å². The standard InChI is InChI=1S/C31H45N3O3/c1-5-6-7-8-9-10-11-12-13-16-21-34-27-18-15-14-17-26(27)33-31(34)24(2)32-30(35)23-25-19-20-28(36-3)29(22-25)37-4/h14-15,17-20,22,24H,5-13,16,21,23H2,1-4H3,(H,32,35). The van der Waals surface area contributed by atoms with Crippen LogP contribution >= 0.6 is 0 Å². The molecule has 2 aromatic carbocycles. The van der Waals surface area contributed by atoms with Crippen molar-refractivity contribution in [1.82, 2.24) is 14.9 Å². The van der Waals surface area contributed by atoms with Crippen LogP contribution in [0.2, 0.25) is 0 Å². The molecule has 1 N–H and O–H groups in total. The molecule has 37 heavy (non-hydrogen) atoms. The summed E-state index contributed by atoms with van der Waals surface area (Å²) in [5.41, 5.74) is 2.99. The smallest absolute Gasteiger partial charge is 0.224 e. The number of imidazole rings is 1. The number of fused-ring (bicyclic) bond motifs is 1. The van der Waals surface area contributed by atoms with Gasteiger partial charge in [0, 0.05) is 6.54 Å². The van der Waals surface area contributed by atoms with Crippen LogP contribution in [-0.4, -0.2) is 29.7 Å². The van der Waals surface area contributed by atoms with E-state index in [9.17, 15) is 4.79 Å². The molecule has 3 rings (SSSR count). The number of nitrogens with one attached hydrogen (secondary N) is 1. The number of hydrogen-bond donors (Lipinski definition) is 1. The van der Waals surface area contributed by atoms with Crippen molar-refractivity contribution in [1.29, 1.82) is 0 Å². The van der Waals surface area contributed by atoms with Crippen molar-refractivity contribution in [3.8, 4) is 11.5 Å². The number of nitrogens with zero attached hydrogens (tertiary/aromatic N) is 2. The normalized spacial score (nSPS) is 12.0. The quantitative estimate of drug-likeness (QED) is 0.193. The lowest BCUT2D eigenvalue weighted by Gasteiger charge is -2.17. The van der Waals surface area contributed by atoms with Crippen LogP contribution in [0.4, 0.5) is 0 Å². The molecule has 1 aromatic heterocycles. The number of hydrogen-bond acceptors (Lipinski definition) is 4. The van der Waals surface area contributed by atoms with Gasteiger partial charge in [0.25, 0.3) is 0 Å². The van der Waals surface area contributed by atoms with Crippen molar-refractivity contribution in [3.05, 3.63) is 53.9 Å². The molecule has 0 spiro atoms. The minimum absolute atomic E-state index is 0.0442. The summed E-state index contributed by atoms with van der Waals surface area (Å²) < 4.78 is 13.0. The summed E-state index contributed by atoms with van der Waals surface area (Å²) in [6.45, 7) is 5.20. The van der Waals surface area contributed by atoms with Gasteiger partial charge in [-0.1, -0.05) is 82.9 Å². The van der Waals surface area contributed by atoms with Gasteiger partial charge < -0.3 is 19.4 Å². The third-order valence-electron chi connectivity index (χ3n) is 7.00. The van der Waals surface area contributed by atoms with Crippen LogP contribution in [0.1, 0.15) is 95.5 Å². The SMILES string of the molecule is CCCCCCCCCCCCn1c(C(C)NC(=O)Cc2ccc(OC)c(OC)c2)nc2ccccc21. The highest BCUT2D eigenvalue weighted by Crippen LogP contribution is 2.28. The molecule has 0 aliphatic carbocycles. The van der Waals surface area contributed by atoms with Crippen LogP contribution in [0.3, 0.4) is 0 Å². The molecule has 1 amide bonds. The molecule has 6 heteroatoms. The first kappa shape index (κ1) is 28.5. The van der Waals surface area contributed by atoms with Crippen molar-refractivity contribution < 1.29 is 14.3 Å². The van der Waals surface area contributed by atoms with E-state index < -0.39 is 0 Å². The van der Waals surface area contributed by atoms with E-state index in [0.717, 1.165) is 35.4 Å². The maximum absolute atomic E-state index is 12.9. The lowest BCUT2D eigenvalue weighted by molar-refractivity contribution is -0.121. The van der Waals surface area contributed by atoms with Crippen LogP contribution < -0.4 is 14.8 Å². The summed E-state index contributed by atoms with van der Waals surface area (Å²) in [4.78, 5) is 17.8. The molecule has 0 fully saturated rings. The Kier molecular flexibility index (Phi) is 11.8. The summed E-state index contributed by atoms with van der Waals surface area (Å²) in [5, 5.41) is 3.16. The van der Waals surface area contributed by atoms with E-state index >= 15 is 0 Å². The van der Waals surface area contributed by atoms with Gasteiger partial charge in [0.1, 0.15) is 5.82 Å². The molecule has 0 radical (unpaired) electrons. The van der Waals surface area contributed by atoms with Gasteiger partial charge in [-0.2, -0.15) is 0 Å². The first-order valence-corrected chi connectivity index (χ1v) is 14.0. The molecular formula is C31H45N3O3. The van der Waals surface area contributed by atoms with Gasteiger partial charge in [0.05, 0.1) is 37.7 Å². The number of aromatic nitrogens is 2.